The Kier molecular flexibility index (Phi) is 6.15. The van der Waals surface area contributed by atoms with Crippen molar-refractivity contribution in [1.82, 2.24) is 0 Å². The Morgan fingerprint density at radius 3 is 2.21 bits per heavy atom. The van der Waals surface area contributed by atoms with Crippen LogP contribution in [0.25, 0.3) is 0 Å². The third kappa shape index (κ3) is 4.45. The lowest BCUT2D eigenvalue weighted by atomic mass is 10.1. The average Bonchev–Trinajstić information content (AvgIpc) is 2.55. The van der Waals surface area contributed by atoms with Crippen molar-refractivity contribution in [3.8, 4) is 11.5 Å². The number of anilines is 1. The van der Waals surface area contributed by atoms with Crippen LogP contribution < -0.4 is 14.8 Å². The summed E-state index contributed by atoms with van der Waals surface area (Å²) in [5.41, 5.74) is 4.26. The Morgan fingerprint density at radius 2 is 1.62 bits per heavy atom. The normalized spacial score (nSPS) is 10.4. The van der Waals surface area contributed by atoms with Crippen LogP contribution in [0.3, 0.4) is 0 Å². The summed E-state index contributed by atoms with van der Waals surface area (Å²) in [4.78, 5) is 13.2. The number of methoxy groups -OCH3 is 2. The van der Waals surface area contributed by atoms with Gasteiger partial charge >= 0.3 is 0 Å². The van der Waals surface area contributed by atoms with Gasteiger partial charge < -0.3 is 14.8 Å². The molecule has 128 valence electrons. The van der Waals surface area contributed by atoms with Crippen LogP contribution in [0.4, 0.5) is 5.69 Å². The van der Waals surface area contributed by atoms with Crippen LogP contribution >= 0.6 is 11.8 Å². The molecule has 0 bridgehead atoms. The van der Waals surface area contributed by atoms with Gasteiger partial charge in [0, 0.05) is 10.6 Å². The summed E-state index contributed by atoms with van der Waals surface area (Å²) < 4.78 is 10.5. The van der Waals surface area contributed by atoms with Gasteiger partial charge in [-0.15, -0.1) is 11.8 Å². The maximum absolute atomic E-state index is 12.3. The molecule has 0 spiro atoms. The first-order valence-electron chi connectivity index (χ1n) is 7.67. The number of thioether (sulfide) groups is 1. The highest BCUT2D eigenvalue weighted by atomic mass is 32.2. The predicted molar refractivity (Wildman–Crippen MR) is 99.6 cm³/mol. The van der Waals surface area contributed by atoms with E-state index >= 15 is 0 Å². The summed E-state index contributed by atoms with van der Waals surface area (Å²) in [6, 6.07) is 9.78. The second-order valence-electron chi connectivity index (χ2n) is 5.63. The van der Waals surface area contributed by atoms with Crippen LogP contribution in [0.1, 0.15) is 16.7 Å². The number of nitrogens with one attached hydrogen (secondary N) is 1. The third-order valence-electron chi connectivity index (χ3n) is 3.67. The highest BCUT2D eigenvalue weighted by Crippen LogP contribution is 2.32. The van der Waals surface area contributed by atoms with E-state index in [-0.39, 0.29) is 5.91 Å². The Bertz CT molecular complexity index is 720. The van der Waals surface area contributed by atoms with E-state index in [1.165, 1.54) is 17.3 Å². The van der Waals surface area contributed by atoms with Crippen molar-refractivity contribution < 1.29 is 14.3 Å². The number of aryl methyl sites for hydroxylation is 3. The van der Waals surface area contributed by atoms with E-state index in [2.05, 4.69) is 24.4 Å². The van der Waals surface area contributed by atoms with Gasteiger partial charge in [0.2, 0.25) is 5.91 Å². The molecule has 1 amide bonds. The summed E-state index contributed by atoms with van der Waals surface area (Å²) in [7, 11) is 3.20. The summed E-state index contributed by atoms with van der Waals surface area (Å²) >= 11 is 1.46. The van der Waals surface area contributed by atoms with E-state index in [1.807, 2.05) is 32.0 Å². The Labute approximate surface area is 147 Å². The molecule has 0 aliphatic rings. The van der Waals surface area contributed by atoms with Crippen molar-refractivity contribution in [2.45, 2.75) is 25.7 Å². The first-order chi connectivity index (χ1) is 11.4. The zero-order valence-electron chi connectivity index (χ0n) is 14.7. The molecule has 1 N–H and O–H groups in total. The molecule has 0 aromatic heterocycles. The number of carbonyl (C=O) groups excluding carboxylic acids is 1. The minimum Gasteiger partial charge on any atom is -0.493 e. The van der Waals surface area contributed by atoms with Gasteiger partial charge in [0.05, 0.1) is 20.0 Å². The van der Waals surface area contributed by atoms with E-state index in [4.69, 9.17) is 9.47 Å². The van der Waals surface area contributed by atoms with Crippen LogP contribution in [0.5, 0.6) is 11.5 Å². The van der Waals surface area contributed by atoms with Crippen molar-refractivity contribution in [3.05, 3.63) is 47.0 Å². The molecular formula is C19H23NO3S. The summed E-state index contributed by atoms with van der Waals surface area (Å²) in [6.07, 6.45) is 0. The van der Waals surface area contributed by atoms with Crippen molar-refractivity contribution in [2.24, 2.45) is 0 Å². The number of benzene rings is 2. The van der Waals surface area contributed by atoms with Crippen LogP contribution in [-0.2, 0) is 4.79 Å². The van der Waals surface area contributed by atoms with Gasteiger partial charge in [-0.3, -0.25) is 4.79 Å². The smallest absolute Gasteiger partial charge is 0.234 e. The molecule has 24 heavy (non-hydrogen) atoms. The molecule has 0 unspecified atom stereocenters. The minimum absolute atomic E-state index is 0.0233. The highest BCUT2D eigenvalue weighted by Gasteiger charge is 2.10. The lowest BCUT2D eigenvalue weighted by Gasteiger charge is -2.13. The van der Waals surface area contributed by atoms with Gasteiger partial charge in [-0.05, 0) is 50.1 Å². The van der Waals surface area contributed by atoms with Gasteiger partial charge in [0.15, 0.2) is 11.5 Å². The number of amides is 1. The molecule has 2 aromatic carbocycles. The van der Waals surface area contributed by atoms with E-state index < -0.39 is 0 Å². The second-order valence-corrected chi connectivity index (χ2v) is 6.68. The Hall–Kier alpha value is -2.14. The number of carbonyl (C=O) groups is 1. The summed E-state index contributed by atoms with van der Waals surface area (Å²) in [5.74, 6) is 1.65. The quantitative estimate of drug-likeness (QED) is 0.790. The van der Waals surface area contributed by atoms with Crippen LogP contribution in [-0.4, -0.2) is 25.9 Å². The molecule has 0 aliphatic heterocycles. The van der Waals surface area contributed by atoms with Gasteiger partial charge in [-0.25, -0.2) is 0 Å². The SMILES string of the molecule is COc1ccc(SCC(=O)Nc2c(C)cc(C)cc2C)cc1OC. The summed E-state index contributed by atoms with van der Waals surface area (Å²) in [5, 5.41) is 3.01. The molecule has 0 saturated carbocycles. The van der Waals surface area contributed by atoms with E-state index in [0.29, 0.717) is 17.3 Å². The monoisotopic (exact) mass is 345 g/mol. The third-order valence-corrected chi connectivity index (χ3v) is 4.66. The molecule has 4 nitrogen and oxygen atoms in total. The molecule has 5 heteroatoms. The second kappa shape index (κ2) is 8.11. The van der Waals surface area contributed by atoms with E-state index in [1.54, 1.807) is 14.2 Å². The topological polar surface area (TPSA) is 47.6 Å². The van der Waals surface area contributed by atoms with Crippen LogP contribution in [0.15, 0.2) is 35.2 Å². The molecule has 0 radical (unpaired) electrons. The number of hydrogen-bond donors (Lipinski definition) is 1. The highest BCUT2D eigenvalue weighted by molar-refractivity contribution is 8.00. The van der Waals surface area contributed by atoms with E-state index in [0.717, 1.165) is 21.7 Å². The molecule has 0 heterocycles. The molecule has 2 rings (SSSR count). The fraction of sp³-hybridized carbons (Fsp3) is 0.316. The maximum atomic E-state index is 12.3. The number of ether oxygens (including phenoxy) is 2. The fourth-order valence-electron chi connectivity index (χ4n) is 2.61. The van der Waals surface area contributed by atoms with Crippen LogP contribution in [0, 0.1) is 20.8 Å². The van der Waals surface area contributed by atoms with Crippen molar-refractivity contribution in [3.63, 3.8) is 0 Å². The zero-order chi connectivity index (χ0) is 17.7. The molecule has 0 saturated heterocycles. The molecule has 0 aliphatic carbocycles. The van der Waals surface area contributed by atoms with Gasteiger partial charge in [0.1, 0.15) is 0 Å². The standard InChI is InChI=1S/C19H23NO3S/c1-12-8-13(2)19(14(3)9-12)20-18(21)11-24-15-6-7-16(22-4)17(10-15)23-5/h6-10H,11H2,1-5H3,(H,20,21). The van der Waals surface area contributed by atoms with E-state index in [9.17, 15) is 4.79 Å². The first-order valence-corrected chi connectivity index (χ1v) is 8.65. The van der Waals surface area contributed by atoms with Crippen LogP contribution in [0.2, 0.25) is 0 Å². The van der Waals surface area contributed by atoms with Gasteiger partial charge in [-0.1, -0.05) is 17.7 Å². The van der Waals surface area contributed by atoms with Gasteiger partial charge in [0.25, 0.3) is 0 Å². The largest absolute Gasteiger partial charge is 0.493 e. The van der Waals surface area contributed by atoms with Gasteiger partial charge in [-0.2, -0.15) is 0 Å². The van der Waals surface area contributed by atoms with Crippen molar-refractivity contribution >= 4 is 23.4 Å². The Balaban J connectivity index is 2.01. The fourth-order valence-corrected chi connectivity index (χ4v) is 3.33. The lowest BCUT2D eigenvalue weighted by molar-refractivity contribution is -0.113. The molecular weight excluding hydrogens is 322 g/mol. The minimum atomic E-state index is -0.0233. The molecule has 0 atom stereocenters. The maximum Gasteiger partial charge on any atom is 0.234 e. The number of hydrogen-bond acceptors (Lipinski definition) is 4. The lowest BCUT2D eigenvalue weighted by Crippen LogP contribution is -2.15. The first kappa shape index (κ1) is 18.2. The summed E-state index contributed by atoms with van der Waals surface area (Å²) in [6.45, 7) is 6.08. The van der Waals surface area contributed by atoms with Crippen molar-refractivity contribution in [2.75, 3.05) is 25.3 Å². The Morgan fingerprint density at radius 1 is 1.00 bits per heavy atom. The zero-order valence-corrected chi connectivity index (χ0v) is 15.5. The molecule has 2 aromatic rings. The predicted octanol–water partition coefficient (Wildman–Crippen LogP) is 4.36. The average molecular weight is 345 g/mol. The molecule has 0 fully saturated rings. The number of rotatable bonds is 6. The van der Waals surface area contributed by atoms with Crippen molar-refractivity contribution in [1.29, 1.82) is 0 Å².